The molecule has 8 nitrogen and oxygen atoms in total. The van der Waals surface area contributed by atoms with E-state index in [1.165, 1.54) is 6.42 Å². The molecule has 2 heterocycles. The van der Waals surface area contributed by atoms with Crippen LogP contribution in [0.1, 0.15) is 64.0 Å². The quantitative estimate of drug-likeness (QED) is 0.386. The summed E-state index contributed by atoms with van der Waals surface area (Å²) < 4.78 is 29.0. The molecule has 5 rings (SSSR count). The Morgan fingerprint density at radius 1 is 1.08 bits per heavy atom. The van der Waals surface area contributed by atoms with Crippen molar-refractivity contribution in [3.05, 3.63) is 53.6 Å². The van der Waals surface area contributed by atoms with Crippen molar-refractivity contribution in [2.75, 3.05) is 20.5 Å². The van der Waals surface area contributed by atoms with Crippen molar-refractivity contribution in [3.63, 3.8) is 0 Å². The van der Waals surface area contributed by atoms with Gasteiger partial charge in [-0.1, -0.05) is 38.4 Å². The zero-order chi connectivity index (χ0) is 27.5. The van der Waals surface area contributed by atoms with Crippen LogP contribution in [0.25, 0.3) is 0 Å². The minimum Gasteiger partial charge on any atom is -0.497 e. The number of ether oxygens (including phenoxy) is 5. The van der Waals surface area contributed by atoms with E-state index in [-0.39, 0.29) is 25.5 Å². The second-order valence-corrected chi connectivity index (χ2v) is 11.0. The molecule has 0 unspecified atom stereocenters. The molecule has 1 fully saturated rings. The molecular weight excluding hydrogens is 498 g/mol. The molecule has 6 atom stereocenters. The molecule has 0 bridgehead atoms. The van der Waals surface area contributed by atoms with Gasteiger partial charge in [-0.25, -0.2) is 0 Å². The number of benzene rings is 2. The number of hydrogen-bond acceptors (Lipinski definition) is 8. The van der Waals surface area contributed by atoms with E-state index in [2.05, 4.69) is 25.9 Å². The Kier molecular flexibility index (Phi) is 8.31. The molecule has 0 amide bonds. The van der Waals surface area contributed by atoms with Gasteiger partial charge < -0.3 is 28.5 Å². The highest BCUT2D eigenvalue weighted by atomic mass is 16.8. The predicted octanol–water partition coefficient (Wildman–Crippen LogP) is 5.92. The minimum absolute atomic E-state index is 0.00385. The Morgan fingerprint density at radius 2 is 1.85 bits per heavy atom. The summed E-state index contributed by atoms with van der Waals surface area (Å²) in [4.78, 5) is 19.9. The van der Waals surface area contributed by atoms with Gasteiger partial charge in [0.2, 0.25) is 13.1 Å². The van der Waals surface area contributed by atoms with Crippen molar-refractivity contribution in [1.82, 2.24) is 0 Å². The summed E-state index contributed by atoms with van der Waals surface area (Å²) >= 11 is 0. The number of rotatable bonds is 8. The average Bonchev–Trinajstić information content (AvgIpc) is 3.41. The maximum Gasteiger partial charge on any atom is 0.316 e. The highest BCUT2D eigenvalue weighted by molar-refractivity contribution is 6.12. The lowest BCUT2D eigenvalue weighted by Crippen LogP contribution is -2.46. The maximum atomic E-state index is 13.7. The molecule has 3 aliphatic rings. The molecule has 8 heteroatoms. The standard InChI is InChI=1S/C31H39NO7/c1-6-35-30(33)28-27(21-10-14-24-26(16-21)37-17-36-24)31(38-25-15-19(4)7-13-23(25)18(2)3)39-32-29(28)20-8-11-22(34-5)12-9-20/h8-12,14,16,18-19,23,25,27-28,31H,6-7,13,15,17H2,1-5H3/t19-,23+,25-,27-,28-,31-/m1/s1. The second kappa shape index (κ2) is 11.9. The van der Waals surface area contributed by atoms with Gasteiger partial charge in [-0.2, -0.15) is 0 Å². The lowest BCUT2D eigenvalue weighted by Gasteiger charge is -2.42. The molecule has 2 aromatic carbocycles. The van der Waals surface area contributed by atoms with Crippen LogP contribution < -0.4 is 14.2 Å². The van der Waals surface area contributed by atoms with E-state index in [0.29, 0.717) is 40.7 Å². The lowest BCUT2D eigenvalue weighted by atomic mass is 9.75. The first-order valence-electron chi connectivity index (χ1n) is 14.0. The molecule has 0 spiro atoms. The molecule has 2 aromatic rings. The highest BCUT2D eigenvalue weighted by Gasteiger charge is 2.48. The van der Waals surface area contributed by atoms with Crippen molar-refractivity contribution in [2.24, 2.45) is 28.8 Å². The fourth-order valence-corrected chi connectivity index (χ4v) is 6.07. The van der Waals surface area contributed by atoms with Gasteiger partial charge in [0, 0.05) is 5.56 Å². The van der Waals surface area contributed by atoms with Crippen LogP contribution in [0.2, 0.25) is 0 Å². The van der Waals surface area contributed by atoms with E-state index in [1.807, 2.05) is 49.4 Å². The number of oxime groups is 1. The summed E-state index contributed by atoms with van der Waals surface area (Å²) in [6.45, 7) is 8.98. The third kappa shape index (κ3) is 5.71. The summed E-state index contributed by atoms with van der Waals surface area (Å²) in [6, 6.07) is 13.2. The van der Waals surface area contributed by atoms with Crippen molar-refractivity contribution < 1.29 is 33.3 Å². The lowest BCUT2D eigenvalue weighted by molar-refractivity contribution is -0.218. The number of methoxy groups -OCH3 is 1. The molecule has 2 aliphatic heterocycles. The van der Waals surface area contributed by atoms with Crippen LogP contribution in [-0.2, 0) is 19.1 Å². The van der Waals surface area contributed by atoms with E-state index < -0.39 is 18.1 Å². The predicted molar refractivity (Wildman–Crippen MR) is 146 cm³/mol. The van der Waals surface area contributed by atoms with Crippen molar-refractivity contribution in [1.29, 1.82) is 0 Å². The molecule has 1 saturated carbocycles. The van der Waals surface area contributed by atoms with Crippen LogP contribution in [0, 0.1) is 23.7 Å². The van der Waals surface area contributed by atoms with E-state index >= 15 is 0 Å². The van der Waals surface area contributed by atoms with Crippen molar-refractivity contribution >= 4 is 11.7 Å². The molecule has 210 valence electrons. The number of esters is 1. The van der Waals surface area contributed by atoms with Gasteiger partial charge in [0.25, 0.3) is 0 Å². The Hall–Kier alpha value is -3.26. The zero-order valence-corrected chi connectivity index (χ0v) is 23.4. The molecule has 0 radical (unpaired) electrons. The SMILES string of the molecule is CCOC(=O)[C@H]1C(c2ccc(OC)cc2)=NO[C@@H](O[C@@H]2C[C@H](C)CC[C@H]2C(C)C)[C@@H]1c1ccc2c(c1)OCO2. The number of carbonyl (C=O) groups excluding carboxylic acids is 1. The highest BCUT2D eigenvalue weighted by Crippen LogP contribution is 2.44. The zero-order valence-electron chi connectivity index (χ0n) is 23.4. The van der Waals surface area contributed by atoms with Gasteiger partial charge in [-0.15, -0.1) is 0 Å². The summed E-state index contributed by atoms with van der Waals surface area (Å²) in [7, 11) is 1.62. The van der Waals surface area contributed by atoms with E-state index in [0.717, 1.165) is 24.0 Å². The smallest absolute Gasteiger partial charge is 0.316 e. The van der Waals surface area contributed by atoms with Gasteiger partial charge in [0.05, 0.1) is 25.7 Å². The summed E-state index contributed by atoms with van der Waals surface area (Å²) in [5.74, 6) is 1.79. The minimum atomic E-state index is -0.779. The molecule has 0 N–H and O–H groups in total. The Labute approximate surface area is 230 Å². The Balaban J connectivity index is 1.58. The fourth-order valence-electron chi connectivity index (χ4n) is 6.07. The fraction of sp³-hybridized carbons (Fsp3) is 0.548. The van der Waals surface area contributed by atoms with Crippen molar-refractivity contribution in [3.8, 4) is 17.2 Å². The number of carbonyl (C=O) groups is 1. The number of nitrogens with zero attached hydrogens (tertiary/aromatic N) is 1. The van der Waals surface area contributed by atoms with Crippen LogP contribution in [0.4, 0.5) is 0 Å². The molecule has 0 aromatic heterocycles. The summed E-state index contributed by atoms with van der Waals surface area (Å²) in [5.41, 5.74) is 2.09. The number of fused-ring (bicyclic) bond motifs is 1. The van der Waals surface area contributed by atoms with Gasteiger partial charge >= 0.3 is 5.97 Å². The summed E-state index contributed by atoms with van der Waals surface area (Å²) in [5, 5.41) is 4.52. The Bertz CT molecular complexity index is 1180. The first-order chi connectivity index (χ1) is 18.9. The largest absolute Gasteiger partial charge is 0.497 e. The average molecular weight is 538 g/mol. The first kappa shape index (κ1) is 27.3. The molecular formula is C31H39NO7. The topological polar surface area (TPSA) is 84.8 Å². The van der Waals surface area contributed by atoms with Crippen LogP contribution in [0.5, 0.6) is 17.2 Å². The van der Waals surface area contributed by atoms with E-state index in [9.17, 15) is 4.79 Å². The third-order valence-corrected chi connectivity index (χ3v) is 8.18. The molecule has 1 aliphatic carbocycles. The van der Waals surface area contributed by atoms with Gasteiger partial charge in [-0.05, 0) is 79.5 Å². The monoisotopic (exact) mass is 537 g/mol. The van der Waals surface area contributed by atoms with E-state index in [1.54, 1.807) is 7.11 Å². The number of hydrogen-bond donors (Lipinski definition) is 0. The second-order valence-electron chi connectivity index (χ2n) is 11.0. The molecule has 39 heavy (non-hydrogen) atoms. The van der Waals surface area contributed by atoms with Crippen LogP contribution in [-0.4, -0.2) is 44.6 Å². The van der Waals surface area contributed by atoms with E-state index in [4.69, 9.17) is 28.5 Å². The Morgan fingerprint density at radius 3 is 2.56 bits per heavy atom. The van der Waals surface area contributed by atoms with Crippen LogP contribution in [0.3, 0.4) is 0 Å². The summed E-state index contributed by atoms with van der Waals surface area (Å²) in [6.07, 6.45) is 2.45. The van der Waals surface area contributed by atoms with Crippen LogP contribution in [0.15, 0.2) is 47.6 Å². The normalized spacial score (nSPS) is 28.0. The van der Waals surface area contributed by atoms with Gasteiger partial charge in [-0.3, -0.25) is 4.79 Å². The van der Waals surface area contributed by atoms with Crippen LogP contribution >= 0.6 is 0 Å². The van der Waals surface area contributed by atoms with Gasteiger partial charge in [0.15, 0.2) is 11.5 Å². The third-order valence-electron chi connectivity index (χ3n) is 8.18. The maximum absolute atomic E-state index is 13.7. The first-order valence-corrected chi connectivity index (χ1v) is 14.0. The molecule has 0 saturated heterocycles. The van der Waals surface area contributed by atoms with Gasteiger partial charge in [0.1, 0.15) is 17.4 Å². The van der Waals surface area contributed by atoms with Crippen molar-refractivity contribution in [2.45, 2.75) is 65.3 Å².